The van der Waals surface area contributed by atoms with Crippen molar-refractivity contribution in [1.29, 1.82) is 0 Å². The molecule has 1 aromatic carbocycles. The minimum absolute atomic E-state index is 0.00926. The summed E-state index contributed by atoms with van der Waals surface area (Å²) in [5.41, 5.74) is -0.0538. The molecular formula is C13H17ClFNO. The first-order valence-electron chi connectivity index (χ1n) is 5.40. The Labute approximate surface area is 106 Å². The first-order valence-corrected chi connectivity index (χ1v) is 5.78. The second-order valence-corrected chi connectivity index (χ2v) is 5.14. The van der Waals surface area contributed by atoms with Gasteiger partial charge < -0.3 is 0 Å². The fraction of sp³-hybridized carbons (Fsp3) is 0.462. The van der Waals surface area contributed by atoms with Gasteiger partial charge in [-0.15, -0.1) is 0 Å². The standard InChI is InChI=1S/C13H17ClFNO/c1-13(2,16(3)4)11(17)8-9-6-5-7-10(15)12(9)14/h5-7H,8H2,1-4H3. The SMILES string of the molecule is CN(C)C(C)(C)C(=O)Cc1cccc(F)c1Cl. The quantitative estimate of drug-likeness (QED) is 0.827. The number of benzene rings is 1. The monoisotopic (exact) mass is 257 g/mol. The maximum Gasteiger partial charge on any atom is 0.156 e. The van der Waals surface area contributed by atoms with Crippen LogP contribution in [0.3, 0.4) is 0 Å². The van der Waals surface area contributed by atoms with Gasteiger partial charge in [0.25, 0.3) is 0 Å². The molecule has 0 unspecified atom stereocenters. The van der Waals surface area contributed by atoms with E-state index in [4.69, 9.17) is 11.6 Å². The number of halogens is 2. The van der Waals surface area contributed by atoms with Gasteiger partial charge in [0.05, 0.1) is 10.6 Å². The lowest BCUT2D eigenvalue weighted by Crippen LogP contribution is -2.46. The van der Waals surface area contributed by atoms with Crippen molar-refractivity contribution in [3.63, 3.8) is 0 Å². The zero-order valence-electron chi connectivity index (χ0n) is 10.6. The van der Waals surface area contributed by atoms with Gasteiger partial charge in [0, 0.05) is 6.42 Å². The topological polar surface area (TPSA) is 20.3 Å². The summed E-state index contributed by atoms with van der Waals surface area (Å²) in [5, 5.41) is 0.0374. The van der Waals surface area contributed by atoms with Crippen molar-refractivity contribution >= 4 is 17.4 Å². The normalized spacial score (nSPS) is 11.9. The van der Waals surface area contributed by atoms with Crippen molar-refractivity contribution in [2.24, 2.45) is 0 Å². The number of ketones is 1. The van der Waals surface area contributed by atoms with Crippen molar-refractivity contribution in [2.45, 2.75) is 25.8 Å². The third-order valence-electron chi connectivity index (χ3n) is 3.18. The summed E-state index contributed by atoms with van der Waals surface area (Å²) >= 11 is 5.83. The minimum Gasteiger partial charge on any atom is -0.298 e. The minimum atomic E-state index is -0.588. The molecule has 0 aliphatic rings. The van der Waals surface area contributed by atoms with Crippen LogP contribution in [0.5, 0.6) is 0 Å². The van der Waals surface area contributed by atoms with Gasteiger partial charge in [0.2, 0.25) is 0 Å². The number of nitrogens with zero attached hydrogens (tertiary/aromatic N) is 1. The molecule has 1 aromatic rings. The number of hydrogen-bond donors (Lipinski definition) is 0. The maximum atomic E-state index is 13.2. The predicted molar refractivity (Wildman–Crippen MR) is 67.9 cm³/mol. The van der Waals surface area contributed by atoms with Crippen molar-refractivity contribution in [1.82, 2.24) is 4.90 Å². The average Bonchev–Trinajstić information content (AvgIpc) is 2.24. The van der Waals surface area contributed by atoms with Crippen molar-refractivity contribution in [2.75, 3.05) is 14.1 Å². The zero-order valence-corrected chi connectivity index (χ0v) is 11.3. The molecular weight excluding hydrogens is 241 g/mol. The molecule has 0 aliphatic heterocycles. The summed E-state index contributed by atoms with van der Waals surface area (Å²) in [4.78, 5) is 14.0. The first kappa shape index (κ1) is 14.1. The summed E-state index contributed by atoms with van der Waals surface area (Å²) in [5.74, 6) is -0.477. The first-order chi connectivity index (χ1) is 7.76. The molecule has 0 radical (unpaired) electrons. The van der Waals surface area contributed by atoms with Gasteiger partial charge in [-0.3, -0.25) is 9.69 Å². The number of Topliss-reactive ketones (excluding diaryl/α,β-unsaturated/α-hetero) is 1. The molecule has 0 saturated heterocycles. The Hall–Kier alpha value is -0.930. The lowest BCUT2D eigenvalue weighted by molar-refractivity contribution is -0.127. The van der Waals surface area contributed by atoms with Crippen LogP contribution in [-0.4, -0.2) is 30.3 Å². The zero-order chi connectivity index (χ0) is 13.2. The Morgan fingerprint density at radius 2 is 2.00 bits per heavy atom. The summed E-state index contributed by atoms with van der Waals surface area (Å²) in [6.07, 6.45) is 0.141. The van der Waals surface area contributed by atoms with E-state index in [1.807, 2.05) is 32.8 Å². The van der Waals surface area contributed by atoms with Crippen LogP contribution in [-0.2, 0) is 11.2 Å². The van der Waals surface area contributed by atoms with Gasteiger partial charge in [-0.2, -0.15) is 0 Å². The summed E-state index contributed by atoms with van der Waals surface area (Å²) in [7, 11) is 3.68. The van der Waals surface area contributed by atoms with E-state index < -0.39 is 11.4 Å². The van der Waals surface area contributed by atoms with Crippen LogP contribution in [0.2, 0.25) is 5.02 Å². The number of carbonyl (C=O) groups excluding carboxylic acids is 1. The predicted octanol–water partition coefficient (Wildman–Crippen LogP) is 2.93. The molecule has 0 aromatic heterocycles. The summed E-state index contributed by atoms with van der Waals surface area (Å²) < 4.78 is 13.2. The van der Waals surface area contributed by atoms with Crippen molar-refractivity contribution in [3.8, 4) is 0 Å². The molecule has 0 N–H and O–H groups in total. The van der Waals surface area contributed by atoms with Gasteiger partial charge in [0.1, 0.15) is 5.82 Å². The molecule has 0 aliphatic carbocycles. The highest BCUT2D eigenvalue weighted by Crippen LogP contribution is 2.23. The molecule has 94 valence electrons. The Bertz CT molecular complexity index is 429. The molecule has 0 saturated carbocycles. The molecule has 17 heavy (non-hydrogen) atoms. The van der Waals surface area contributed by atoms with E-state index in [9.17, 15) is 9.18 Å². The number of carbonyl (C=O) groups is 1. The third kappa shape index (κ3) is 3.05. The van der Waals surface area contributed by atoms with E-state index in [1.54, 1.807) is 12.1 Å². The number of likely N-dealkylation sites (N-methyl/N-ethyl adjacent to an activating group) is 1. The second kappa shape index (κ2) is 5.15. The smallest absolute Gasteiger partial charge is 0.156 e. The lowest BCUT2D eigenvalue weighted by atomic mass is 9.92. The summed E-state index contributed by atoms with van der Waals surface area (Å²) in [6, 6.07) is 4.52. The van der Waals surface area contributed by atoms with E-state index in [1.165, 1.54) is 6.07 Å². The van der Waals surface area contributed by atoms with Crippen LogP contribution in [0.15, 0.2) is 18.2 Å². The Morgan fingerprint density at radius 1 is 1.41 bits per heavy atom. The second-order valence-electron chi connectivity index (χ2n) is 4.77. The van der Waals surface area contributed by atoms with Crippen molar-refractivity contribution < 1.29 is 9.18 Å². The van der Waals surface area contributed by atoms with E-state index in [0.29, 0.717) is 5.56 Å². The van der Waals surface area contributed by atoms with E-state index in [2.05, 4.69) is 0 Å². The van der Waals surface area contributed by atoms with Crippen LogP contribution < -0.4 is 0 Å². The van der Waals surface area contributed by atoms with Gasteiger partial charge in [-0.05, 0) is 39.6 Å². The van der Waals surface area contributed by atoms with E-state index in [-0.39, 0.29) is 17.2 Å². The molecule has 0 amide bonds. The third-order valence-corrected chi connectivity index (χ3v) is 3.61. The van der Waals surface area contributed by atoms with Gasteiger partial charge in [0.15, 0.2) is 5.78 Å². The van der Waals surface area contributed by atoms with E-state index >= 15 is 0 Å². The Balaban J connectivity index is 2.93. The highest BCUT2D eigenvalue weighted by Gasteiger charge is 2.30. The Morgan fingerprint density at radius 3 is 2.53 bits per heavy atom. The van der Waals surface area contributed by atoms with Gasteiger partial charge in [-0.1, -0.05) is 23.7 Å². The molecule has 2 nitrogen and oxygen atoms in total. The highest BCUT2D eigenvalue weighted by molar-refractivity contribution is 6.31. The molecule has 1 rings (SSSR count). The molecule has 0 heterocycles. The average molecular weight is 258 g/mol. The number of hydrogen-bond acceptors (Lipinski definition) is 2. The van der Waals surface area contributed by atoms with Crippen molar-refractivity contribution in [3.05, 3.63) is 34.6 Å². The molecule has 0 spiro atoms. The van der Waals surface area contributed by atoms with Crippen LogP contribution >= 0.6 is 11.6 Å². The fourth-order valence-electron chi connectivity index (χ4n) is 1.32. The highest BCUT2D eigenvalue weighted by atomic mass is 35.5. The maximum absolute atomic E-state index is 13.2. The summed E-state index contributed by atoms with van der Waals surface area (Å²) in [6.45, 7) is 3.67. The number of rotatable bonds is 4. The molecule has 0 fully saturated rings. The molecule has 4 heteroatoms. The largest absolute Gasteiger partial charge is 0.298 e. The van der Waals surface area contributed by atoms with E-state index in [0.717, 1.165) is 0 Å². The van der Waals surface area contributed by atoms with Gasteiger partial charge in [-0.25, -0.2) is 4.39 Å². The van der Waals surface area contributed by atoms with Crippen LogP contribution in [0.25, 0.3) is 0 Å². The molecule has 0 bridgehead atoms. The van der Waals surface area contributed by atoms with Crippen LogP contribution in [0.4, 0.5) is 4.39 Å². The lowest BCUT2D eigenvalue weighted by Gasteiger charge is -2.31. The van der Waals surface area contributed by atoms with Crippen LogP contribution in [0.1, 0.15) is 19.4 Å². The molecule has 0 atom stereocenters. The Kier molecular flexibility index (Phi) is 4.28. The van der Waals surface area contributed by atoms with Crippen LogP contribution in [0, 0.1) is 5.82 Å². The fourth-order valence-corrected chi connectivity index (χ4v) is 1.52. The van der Waals surface area contributed by atoms with Gasteiger partial charge >= 0.3 is 0 Å².